The molecule has 27 heavy (non-hydrogen) atoms. The zero-order valence-corrected chi connectivity index (χ0v) is 16.1. The zero-order chi connectivity index (χ0) is 18.8. The number of rotatable bonds is 2. The van der Waals surface area contributed by atoms with Crippen molar-refractivity contribution < 1.29 is 9.59 Å². The summed E-state index contributed by atoms with van der Waals surface area (Å²) in [5.74, 6) is 0.464. The van der Waals surface area contributed by atoms with Crippen LogP contribution in [-0.4, -0.2) is 29.7 Å². The number of fused-ring (bicyclic) bond motifs is 1. The molecule has 0 N–H and O–H groups in total. The maximum atomic E-state index is 13.1. The maximum absolute atomic E-state index is 13.1. The summed E-state index contributed by atoms with van der Waals surface area (Å²) >= 11 is 6.34. The van der Waals surface area contributed by atoms with E-state index in [1.165, 1.54) is 5.56 Å². The van der Waals surface area contributed by atoms with Crippen LogP contribution in [0.2, 0.25) is 5.02 Å². The van der Waals surface area contributed by atoms with Gasteiger partial charge in [-0.2, -0.15) is 0 Å². The number of carbonyl (C=O) groups is 2. The van der Waals surface area contributed by atoms with E-state index in [-0.39, 0.29) is 17.6 Å². The third kappa shape index (κ3) is 3.79. The lowest BCUT2D eigenvalue weighted by molar-refractivity contribution is -0.136. The summed E-state index contributed by atoms with van der Waals surface area (Å²) in [6.45, 7) is 1.48. The average molecular weight is 382 g/mol. The summed E-state index contributed by atoms with van der Waals surface area (Å²) in [5.41, 5.74) is 3.06. The van der Waals surface area contributed by atoms with Crippen molar-refractivity contribution in [1.82, 2.24) is 4.90 Å². The minimum Gasteiger partial charge on any atom is -0.342 e. The van der Waals surface area contributed by atoms with Gasteiger partial charge < -0.3 is 4.90 Å². The molecule has 0 radical (unpaired) electrons. The molecule has 1 atom stereocenters. The van der Waals surface area contributed by atoms with Crippen molar-refractivity contribution in [2.24, 2.45) is 5.92 Å². The average Bonchev–Trinajstić information content (AvgIpc) is 2.87. The highest BCUT2D eigenvalue weighted by molar-refractivity contribution is 6.31. The maximum Gasteiger partial charge on any atom is 0.226 e. The Balaban J connectivity index is 1.40. The van der Waals surface area contributed by atoms with Crippen LogP contribution in [0.1, 0.15) is 53.1 Å². The molecule has 1 heterocycles. The molecule has 1 amide bonds. The molecule has 2 aromatic carbocycles. The van der Waals surface area contributed by atoms with Crippen molar-refractivity contribution in [1.29, 1.82) is 0 Å². The number of aryl methyl sites for hydroxylation is 1. The molecule has 0 saturated carbocycles. The zero-order valence-electron chi connectivity index (χ0n) is 15.4. The predicted octanol–water partition coefficient (Wildman–Crippen LogP) is 4.88. The Bertz CT molecular complexity index is 855. The Hall–Kier alpha value is -2.13. The first kappa shape index (κ1) is 18.2. The predicted molar refractivity (Wildman–Crippen MR) is 107 cm³/mol. The first-order valence-electron chi connectivity index (χ1n) is 9.78. The van der Waals surface area contributed by atoms with Gasteiger partial charge in [-0.3, -0.25) is 9.59 Å². The Kier molecular flexibility index (Phi) is 5.31. The van der Waals surface area contributed by atoms with E-state index in [2.05, 4.69) is 6.07 Å². The summed E-state index contributed by atoms with van der Waals surface area (Å²) in [6, 6.07) is 15.8. The van der Waals surface area contributed by atoms with Gasteiger partial charge in [-0.15, -0.1) is 0 Å². The van der Waals surface area contributed by atoms with Crippen LogP contribution in [0.3, 0.4) is 0 Å². The van der Waals surface area contributed by atoms with Gasteiger partial charge in [0.05, 0.1) is 0 Å². The van der Waals surface area contributed by atoms with Crippen LogP contribution in [-0.2, 0) is 11.2 Å². The van der Waals surface area contributed by atoms with Crippen molar-refractivity contribution in [3.63, 3.8) is 0 Å². The number of halogens is 1. The fourth-order valence-electron chi connectivity index (χ4n) is 4.46. The molecular formula is C23H24ClNO2. The molecule has 0 aromatic heterocycles. The second-order valence-corrected chi connectivity index (χ2v) is 8.05. The first-order chi connectivity index (χ1) is 13.1. The molecule has 1 aliphatic carbocycles. The molecule has 2 aliphatic rings. The van der Waals surface area contributed by atoms with Crippen LogP contribution >= 0.6 is 11.6 Å². The topological polar surface area (TPSA) is 37.4 Å². The Morgan fingerprint density at radius 1 is 0.963 bits per heavy atom. The lowest BCUT2D eigenvalue weighted by atomic mass is 9.88. The number of hydrogen-bond donors (Lipinski definition) is 0. The van der Waals surface area contributed by atoms with Crippen molar-refractivity contribution in [2.75, 3.05) is 13.1 Å². The van der Waals surface area contributed by atoms with Crippen molar-refractivity contribution in [3.05, 3.63) is 70.2 Å². The highest BCUT2D eigenvalue weighted by Crippen LogP contribution is 2.34. The van der Waals surface area contributed by atoms with E-state index in [0.29, 0.717) is 12.3 Å². The van der Waals surface area contributed by atoms with E-state index in [9.17, 15) is 9.59 Å². The number of ketones is 1. The van der Waals surface area contributed by atoms with Gasteiger partial charge in [0.1, 0.15) is 0 Å². The first-order valence-corrected chi connectivity index (χ1v) is 10.2. The lowest BCUT2D eigenvalue weighted by Crippen LogP contribution is -2.41. The van der Waals surface area contributed by atoms with Gasteiger partial charge in [-0.1, -0.05) is 54.1 Å². The van der Waals surface area contributed by atoms with Gasteiger partial charge in [-0.05, 0) is 48.8 Å². The monoisotopic (exact) mass is 381 g/mol. The van der Waals surface area contributed by atoms with E-state index >= 15 is 0 Å². The van der Waals surface area contributed by atoms with E-state index in [1.54, 1.807) is 0 Å². The number of likely N-dealkylation sites (tertiary alicyclic amines) is 1. The lowest BCUT2D eigenvalue weighted by Gasteiger charge is -2.34. The molecule has 140 valence electrons. The van der Waals surface area contributed by atoms with Gasteiger partial charge in [0, 0.05) is 36.0 Å². The number of benzene rings is 2. The van der Waals surface area contributed by atoms with Gasteiger partial charge in [-0.25, -0.2) is 0 Å². The van der Waals surface area contributed by atoms with Gasteiger partial charge >= 0.3 is 0 Å². The molecule has 1 fully saturated rings. The fourth-order valence-corrected chi connectivity index (χ4v) is 4.75. The van der Waals surface area contributed by atoms with Crippen molar-refractivity contribution in [3.8, 4) is 0 Å². The summed E-state index contributed by atoms with van der Waals surface area (Å²) in [7, 11) is 0. The molecule has 3 nitrogen and oxygen atoms in total. The summed E-state index contributed by atoms with van der Waals surface area (Å²) in [6.07, 6.45) is 3.74. The van der Waals surface area contributed by atoms with Crippen LogP contribution in [0.25, 0.3) is 0 Å². The number of piperidine rings is 1. The minimum absolute atomic E-state index is 0.104. The number of carbonyl (C=O) groups excluding carboxylic acids is 2. The third-order valence-electron chi connectivity index (χ3n) is 6.01. The third-order valence-corrected chi connectivity index (χ3v) is 6.36. The molecule has 0 spiro atoms. The molecule has 0 bridgehead atoms. The highest BCUT2D eigenvalue weighted by Gasteiger charge is 2.32. The normalized spacial score (nSPS) is 20.9. The smallest absolute Gasteiger partial charge is 0.226 e. The van der Waals surface area contributed by atoms with E-state index in [4.69, 9.17) is 11.6 Å². The van der Waals surface area contributed by atoms with Crippen molar-refractivity contribution in [2.45, 2.75) is 38.0 Å². The summed E-state index contributed by atoms with van der Waals surface area (Å²) < 4.78 is 0. The molecule has 1 unspecified atom stereocenters. The Morgan fingerprint density at radius 2 is 1.67 bits per heavy atom. The fraction of sp³-hybridized carbons (Fsp3) is 0.391. The van der Waals surface area contributed by atoms with Crippen LogP contribution in [0.5, 0.6) is 0 Å². The molecule has 1 aliphatic heterocycles. The summed E-state index contributed by atoms with van der Waals surface area (Å²) in [5, 5.41) is 0.814. The molecule has 2 aromatic rings. The molecule has 4 rings (SSSR count). The van der Waals surface area contributed by atoms with Crippen LogP contribution < -0.4 is 0 Å². The number of hydrogen-bond acceptors (Lipinski definition) is 2. The van der Waals surface area contributed by atoms with Crippen LogP contribution in [0.15, 0.2) is 48.5 Å². The van der Waals surface area contributed by atoms with Crippen molar-refractivity contribution >= 4 is 23.3 Å². The van der Waals surface area contributed by atoms with Crippen LogP contribution in [0, 0.1) is 5.92 Å². The van der Waals surface area contributed by atoms with E-state index in [1.807, 2.05) is 47.4 Å². The molecular weight excluding hydrogens is 358 g/mol. The van der Waals surface area contributed by atoms with Crippen LogP contribution in [0.4, 0.5) is 0 Å². The number of Topliss-reactive ketones (excluding diaryl/α,β-unsaturated/α-hetero) is 1. The molecule has 4 heteroatoms. The highest BCUT2D eigenvalue weighted by atomic mass is 35.5. The quantitative estimate of drug-likeness (QED) is 0.695. The van der Waals surface area contributed by atoms with E-state index in [0.717, 1.165) is 54.9 Å². The van der Waals surface area contributed by atoms with Gasteiger partial charge in [0.25, 0.3) is 0 Å². The van der Waals surface area contributed by atoms with Gasteiger partial charge in [0.2, 0.25) is 5.91 Å². The number of amides is 1. The molecule has 1 saturated heterocycles. The number of nitrogens with zero attached hydrogens (tertiary/aromatic N) is 1. The standard InChI is InChI=1S/C23H24ClNO2/c24-21-8-4-3-6-19(21)17-11-13-25(14-12-17)23(27)18-10-9-16-5-1-2-7-20(16)22(26)15-18/h1-8,17-18H,9-15H2. The second-order valence-electron chi connectivity index (χ2n) is 7.64. The Labute approximate surface area is 165 Å². The summed E-state index contributed by atoms with van der Waals surface area (Å²) in [4.78, 5) is 27.6. The largest absolute Gasteiger partial charge is 0.342 e. The van der Waals surface area contributed by atoms with E-state index < -0.39 is 0 Å². The van der Waals surface area contributed by atoms with Gasteiger partial charge in [0.15, 0.2) is 5.78 Å². The second kappa shape index (κ2) is 7.85. The Morgan fingerprint density at radius 3 is 2.44 bits per heavy atom. The SMILES string of the molecule is O=C1CC(C(=O)N2CCC(c3ccccc3Cl)CC2)CCc2ccccc21. The minimum atomic E-state index is -0.193.